The largest absolute Gasteiger partial charge is 0.462 e. The van der Waals surface area contributed by atoms with Crippen molar-refractivity contribution < 1.29 is 28.6 Å². The van der Waals surface area contributed by atoms with E-state index in [4.69, 9.17) is 14.2 Å². The summed E-state index contributed by atoms with van der Waals surface area (Å²) in [6.45, 7) is 6.40. The van der Waals surface area contributed by atoms with Gasteiger partial charge >= 0.3 is 17.9 Å². The maximum absolute atomic E-state index is 12.7. The van der Waals surface area contributed by atoms with Gasteiger partial charge in [-0.2, -0.15) is 0 Å². The molecule has 0 aromatic rings. The standard InChI is InChI=1S/C53H90O6/c1-4-7-10-13-16-19-21-23-24-25-26-27-28-30-31-34-37-40-43-46-52(55)58-49-50(48-57-51(54)45-42-39-36-33-18-15-12-9-6-3)59-53(56)47-44-41-38-35-32-29-22-20-17-14-11-8-5-2/h8,11,16-17,19-20,23-24,29,32,38,41,50H,4-7,9-10,12-15,18,21-22,25-28,30-31,33-37,39-40,42-49H2,1-3H3/b11-8-,19-16-,20-17-,24-23-,32-29-,41-38-. The molecule has 0 aromatic heterocycles. The monoisotopic (exact) mass is 823 g/mol. The van der Waals surface area contributed by atoms with Crippen LogP contribution in [0, 0.1) is 0 Å². The molecule has 0 fully saturated rings. The topological polar surface area (TPSA) is 78.9 Å². The average molecular weight is 823 g/mol. The molecule has 0 bridgehead atoms. The van der Waals surface area contributed by atoms with E-state index < -0.39 is 12.1 Å². The minimum absolute atomic E-state index is 0.104. The molecule has 0 spiro atoms. The second kappa shape index (κ2) is 47.5. The Bertz CT molecular complexity index is 1130. The van der Waals surface area contributed by atoms with Gasteiger partial charge in [-0.1, -0.05) is 203 Å². The van der Waals surface area contributed by atoms with Crippen LogP contribution in [0.3, 0.4) is 0 Å². The van der Waals surface area contributed by atoms with E-state index in [1.165, 1.54) is 109 Å². The fourth-order valence-electron chi connectivity index (χ4n) is 6.54. The highest BCUT2D eigenvalue weighted by atomic mass is 16.6. The van der Waals surface area contributed by atoms with Crippen molar-refractivity contribution in [3.63, 3.8) is 0 Å². The highest BCUT2D eigenvalue weighted by Crippen LogP contribution is 2.14. The first-order valence-corrected chi connectivity index (χ1v) is 24.4. The van der Waals surface area contributed by atoms with Crippen molar-refractivity contribution in [2.24, 2.45) is 0 Å². The Labute approximate surface area is 363 Å². The molecule has 0 N–H and O–H groups in total. The van der Waals surface area contributed by atoms with Gasteiger partial charge in [-0.05, 0) is 77.0 Å². The van der Waals surface area contributed by atoms with Crippen LogP contribution >= 0.6 is 0 Å². The van der Waals surface area contributed by atoms with Crippen LogP contribution in [0.25, 0.3) is 0 Å². The number of allylic oxidation sites excluding steroid dienone is 12. The quantitative estimate of drug-likeness (QED) is 0.0264. The van der Waals surface area contributed by atoms with E-state index in [9.17, 15) is 14.4 Å². The zero-order chi connectivity index (χ0) is 43.0. The molecule has 0 amide bonds. The van der Waals surface area contributed by atoms with Crippen molar-refractivity contribution >= 4 is 17.9 Å². The van der Waals surface area contributed by atoms with Crippen LogP contribution in [-0.2, 0) is 28.6 Å². The lowest BCUT2D eigenvalue weighted by Crippen LogP contribution is -2.30. The Hall–Kier alpha value is -3.15. The lowest BCUT2D eigenvalue weighted by molar-refractivity contribution is -0.166. The summed E-state index contributed by atoms with van der Waals surface area (Å²) in [5.41, 5.74) is 0. The number of hydrogen-bond donors (Lipinski definition) is 0. The first-order chi connectivity index (χ1) is 29.0. The van der Waals surface area contributed by atoms with Gasteiger partial charge in [0.15, 0.2) is 6.10 Å². The van der Waals surface area contributed by atoms with E-state index in [1.54, 1.807) is 0 Å². The van der Waals surface area contributed by atoms with Crippen molar-refractivity contribution in [2.75, 3.05) is 13.2 Å². The summed E-state index contributed by atoms with van der Waals surface area (Å²) in [6, 6.07) is 0. The Balaban J connectivity index is 4.38. The predicted octanol–water partition coefficient (Wildman–Crippen LogP) is 15.9. The summed E-state index contributed by atoms with van der Waals surface area (Å²) in [6.07, 6.45) is 59.0. The number of unbranched alkanes of at least 4 members (excludes halogenated alkanes) is 20. The summed E-state index contributed by atoms with van der Waals surface area (Å²) >= 11 is 0. The van der Waals surface area contributed by atoms with Crippen molar-refractivity contribution in [3.8, 4) is 0 Å². The van der Waals surface area contributed by atoms with Crippen LogP contribution in [0.4, 0.5) is 0 Å². The van der Waals surface area contributed by atoms with Crippen LogP contribution in [-0.4, -0.2) is 37.2 Å². The Morgan fingerprint density at radius 2 is 0.695 bits per heavy atom. The maximum atomic E-state index is 12.7. The second-order valence-corrected chi connectivity index (χ2v) is 16.0. The maximum Gasteiger partial charge on any atom is 0.306 e. The molecule has 0 aliphatic rings. The van der Waals surface area contributed by atoms with Gasteiger partial charge in [0.05, 0.1) is 0 Å². The Kier molecular flexibility index (Phi) is 45.0. The van der Waals surface area contributed by atoms with Crippen LogP contribution in [0.15, 0.2) is 72.9 Å². The average Bonchev–Trinajstić information content (AvgIpc) is 3.23. The van der Waals surface area contributed by atoms with Crippen molar-refractivity contribution in [1.29, 1.82) is 0 Å². The molecular formula is C53H90O6. The van der Waals surface area contributed by atoms with Gasteiger partial charge in [0.2, 0.25) is 0 Å². The third-order valence-electron chi connectivity index (χ3n) is 10.2. The summed E-state index contributed by atoms with van der Waals surface area (Å²) < 4.78 is 16.6. The molecule has 0 heterocycles. The molecule has 0 aromatic carbocycles. The Morgan fingerprint density at radius 3 is 1.14 bits per heavy atom. The SMILES string of the molecule is CC/C=C\C/C=C\C/C=C\C/C=C\CCC(=O)OC(COC(=O)CCCCCCCCCCC)COC(=O)CCCCCCCCCCC/C=C\C/C=C\CCCCC. The lowest BCUT2D eigenvalue weighted by atomic mass is 10.1. The van der Waals surface area contributed by atoms with Gasteiger partial charge in [-0.3, -0.25) is 14.4 Å². The number of carbonyl (C=O) groups excluding carboxylic acids is 3. The summed E-state index contributed by atoms with van der Waals surface area (Å²) in [5, 5.41) is 0. The number of hydrogen-bond acceptors (Lipinski definition) is 6. The number of rotatable bonds is 43. The fourth-order valence-corrected chi connectivity index (χ4v) is 6.54. The molecule has 6 nitrogen and oxygen atoms in total. The minimum Gasteiger partial charge on any atom is -0.462 e. The molecule has 338 valence electrons. The number of esters is 3. The molecule has 6 heteroatoms. The molecule has 0 aliphatic carbocycles. The molecule has 0 rings (SSSR count). The fraction of sp³-hybridized carbons (Fsp3) is 0.717. The van der Waals surface area contributed by atoms with Gasteiger partial charge in [-0.25, -0.2) is 0 Å². The van der Waals surface area contributed by atoms with E-state index in [0.29, 0.717) is 19.3 Å². The van der Waals surface area contributed by atoms with E-state index in [0.717, 1.165) is 70.6 Å². The van der Waals surface area contributed by atoms with Crippen molar-refractivity contribution in [3.05, 3.63) is 72.9 Å². The predicted molar refractivity (Wildman–Crippen MR) is 251 cm³/mol. The highest BCUT2D eigenvalue weighted by Gasteiger charge is 2.19. The highest BCUT2D eigenvalue weighted by molar-refractivity contribution is 5.71. The van der Waals surface area contributed by atoms with E-state index >= 15 is 0 Å². The second-order valence-electron chi connectivity index (χ2n) is 16.0. The van der Waals surface area contributed by atoms with Gasteiger partial charge in [-0.15, -0.1) is 0 Å². The third kappa shape index (κ3) is 45.8. The van der Waals surface area contributed by atoms with Crippen LogP contribution < -0.4 is 0 Å². The minimum atomic E-state index is -0.811. The molecular weight excluding hydrogens is 733 g/mol. The van der Waals surface area contributed by atoms with E-state index in [1.807, 2.05) is 12.2 Å². The molecule has 1 unspecified atom stereocenters. The summed E-state index contributed by atoms with van der Waals surface area (Å²) in [5.74, 6) is -0.995. The lowest BCUT2D eigenvalue weighted by Gasteiger charge is -2.18. The molecule has 0 radical (unpaired) electrons. The van der Waals surface area contributed by atoms with E-state index in [2.05, 4.69) is 81.5 Å². The zero-order valence-electron chi connectivity index (χ0n) is 38.5. The molecule has 1 atom stereocenters. The smallest absolute Gasteiger partial charge is 0.306 e. The molecule has 0 saturated carbocycles. The molecule has 0 saturated heterocycles. The van der Waals surface area contributed by atoms with Crippen LogP contribution in [0.5, 0.6) is 0 Å². The first-order valence-electron chi connectivity index (χ1n) is 24.4. The Morgan fingerprint density at radius 1 is 0.356 bits per heavy atom. The first kappa shape index (κ1) is 55.9. The normalized spacial score (nSPS) is 12.7. The van der Waals surface area contributed by atoms with E-state index in [-0.39, 0.29) is 31.6 Å². The van der Waals surface area contributed by atoms with Gasteiger partial charge in [0.1, 0.15) is 13.2 Å². The molecule has 59 heavy (non-hydrogen) atoms. The van der Waals surface area contributed by atoms with Gasteiger partial charge in [0, 0.05) is 19.3 Å². The summed E-state index contributed by atoms with van der Waals surface area (Å²) in [7, 11) is 0. The van der Waals surface area contributed by atoms with Crippen LogP contribution in [0.1, 0.15) is 226 Å². The number of ether oxygens (including phenoxy) is 3. The van der Waals surface area contributed by atoms with Crippen LogP contribution in [0.2, 0.25) is 0 Å². The van der Waals surface area contributed by atoms with Crippen molar-refractivity contribution in [2.45, 2.75) is 232 Å². The molecule has 0 aliphatic heterocycles. The van der Waals surface area contributed by atoms with Crippen molar-refractivity contribution in [1.82, 2.24) is 0 Å². The third-order valence-corrected chi connectivity index (χ3v) is 10.2. The summed E-state index contributed by atoms with van der Waals surface area (Å²) in [4.78, 5) is 37.7. The van der Waals surface area contributed by atoms with Gasteiger partial charge in [0.25, 0.3) is 0 Å². The number of carbonyl (C=O) groups is 3. The zero-order valence-corrected chi connectivity index (χ0v) is 38.5. The van der Waals surface area contributed by atoms with Gasteiger partial charge < -0.3 is 14.2 Å².